The second-order valence-corrected chi connectivity index (χ2v) is 7.04. The fourth-order valence-corrected chi connectivity index (χ4v) is 3.74. The number of hydrogen-bond donors (Lipinski definition) is 0. The van der Waals surface area contributed by atoms with E-state index in [9.17, 15) is 0 Å². The number of likely N-dealkylation sites (tertiary alicyclic amines) is 1. The highest BCUT2D eigenvalue weighted by Crippen LogP contribution is 2.34. The molecule has 1 aromatic heterocycles. The molecule has 5 nitrogen and oxygen atoms in total. The first-order valence-corrected chi connectivity index (χ1v) is 9.01. The van der Waals surface area contributed by atoms with Crippen LogP contribution >= 0.6 is 11.6 Å². The van der Waals surface area contributed by atoms with Gasteiger partial charge in [-0.2, -0.15) is 0 Å². The van der Waals surface area contributed by atoms with Crippen LogP contribution in [-0.4, -0.2) is 48.2 Å². The topological polar surface area (TPSA) is 41.5 Å². The van der Waals surface area contributed by atoms with Crippen LogP contribution in [0.1, 0.15) is 18.9 Å². The maximum atomic E-state index is 6.17. The zero-order chi connectivity index (χ0) is 17.8. The summed E-state index contributed by atoms with van der Waals surface area (Å²) in [5, 5.41) is 0.351. The molecule has 0 unspecified atom stereocenters. The summed E-state index contributed by atoms with van der Waals surface area (Å²) < 4.78 is 5.43. The van der Waals surface area contributed by atoms with Gasteiger partial charge < -0.3 is 9.64 Å². The average Bonchev–Trinajstić information content (AvgIpc) is 2.63. The molecule has 6 heteroatoms. The number of nitrogens with zero attached hydrogens (tertiary/aromatic N) is 4. The first-order chi connectivity index (χ1) is 12.1. The molecule has 2 aromatic rings. The third-order valence-electron chi connectivity index (χ3n) is 5.03. The molecule has 0 amide bonds. The zero-order valence-electron chi connectivity index (χ0n) is 15.0. The van der Waals surface area contributed by atoms with Gasteiger partial charge in [0, 0.05) is 26.2 Å². The second kappa shape index (κ2) is 8.02. The number of aromatic nitrogens is 2. The summed E-state index contributed by atoms with van der Waals surface area (Å²) in [4.78, 5) is 13.1. The normalized spacial score (nSPS) is 21.1. The fourth-order valence-electron chi connectivity index (χ4n) is 3.53. The summed E-state index contributed by atoms with van der Waals surface area (Å²) in [7, 11) is 3.67. The average molecular weight is 361 g/mol. The van der Waals surface area contributed by atoms with Gasteiger partial charge in [0.25, 0.3) is 0 Å². The van der Waals surface area contributed by atoms with Crippen molar-refractivity contribution < 1.29 is 4.74 Å². The Labute approximate surface area is 154 Å². The van der Waals surface area contributed by atoms with Gasteiger partial charge in [0.15, 0.2) is 16.7 Å². The van der Waals surface area contributed by atoms with Crippen molar-refractivity contribution in [1.29, 1.82) is 0 Å². The lowest BCUT2D eigenvalue weighted by molar-refractivity contribution is 0.158. The first-order valence-electron chi connectivity index (χ1n) is 8.63. The van der Waals surface area contributed by atoms with Crippen LogP contribution in [-0.2, 0) is 6.54 Å². The summed E-state index contributed by atoms with van der Waals surface area (Å²) >= 11 is 6.17. The molecule has 25 heavy (non-hydrogen) atoms. The molecule has 134 valence electrons. The molecule has 1 aliphatic rings. The number of ether oxygens (including phenoxy) is 1. The smallest absolute Gasteiger partial charge is 0.199 e. The maximum Gasteiger partial charge on any atom is 0.199 e. The van der Waals surface area contributed by atoms with Crippen molar-refractivity contribution in [3.8, 4) is 5.75 Å². The number of rotatable bonds is 5. The molecule has 0 radical (unpaired) electrons. The van der Waals surface area contributed by atoms with Crippen LogP contribution in [0.2, 0.25) is 5.15 Å². The first kappa shape index (κ1) is 18.0. The summed E-state index contributed by atoms with van der Waals surface area (Å²) in [6.45, 7) is 5.37. The quantitative estimate of drug-likeness (QED) is 0.763. The lowest BCUT2D eigenvalue weighted by atomic mass is 9.92. The van der Waals surface area contributed by atoms with Crippen molar-refractivity contribution in [3.63, 3.8) is 0 Å². The molecule has 0 aliphatic carbocycles. The Morgan fingerprint density at radius 3 is 2.76 bits per heavy atom. The van der Waals surface area contributed by atoms with E-state index in [0.717, 1.165) is 31.9 Å². The van der Waals surface area contributed by atoms with E-state index in [1.165, 1.54) is 11.9 Å². The minimum Gasteiger partial charge on any atom is -0.490 e. The van der Waals surface area contributed by atoms with Crippen LogP contribution in [0.15, 0.2) is 36.7 Å². The number of piperidine rings is 1. The lowest BCUT2D eigenvalue weighted by Gasteiger charge is -2.42. The molecule has 0 N–H and O–H groups in total. The molecule has 1 fully saturated rings. The summed E-state index contributed by atoms with van der Waals surface area (Å²) in [5.41, 5.74) is 1.35. The monoisotopic (exact) mass is 360 g/mol. The van der Waals surface area contributed by atoms with Crippen LogP contribution in [0.3, 0.4) is 0 Å². The summed E-state index contributed by atoms with van der Waals surface area (Å²) in [5.74, 6) is 1.86. The van der Waals surface area contributed by atoms with Crippen molar-refractivity contribution in [3.05, 3.63) is 47.4 Å². The molecule has 0 saturated carbocycles. The van der Waals surface area contributed by atoms with Crippen LogP contribution in [0.4, 0.5) is 5.82 Å². The molecule has 3 rings (SSSR count). The predicted octanol–water partition coefficient (Wildman–Crippen LogP) is 3.49. The van der Waals surface area contributed by atoms with Crippen LogP contribution < -0.4 is 9.64 Å². The Balaban J connectivity index is 1.77. The predicted molar refractivity (Wildman–Crippen MR) is 101 cm³/mol. The van der Waals surface area contributed by atoms with Crippen molar-refractivity contribution in [2.24, 2.45) is 5.92 Å². The van der Waals surface area contributed by atoms with E-state index in [1.807, 2.05) is 0 Å². The zero-order valence-corrected chi connectivity index (χ0v) is 15.8. The molecule has 0 bridgehead atoms. The highest BCUT2D eigenvalue weighted by Gasteiger charge is 2.31. The molecule has 1 saturated heterocycles. The minimum absolute atomic E-state index is 0.345. The highest BCUT2D eigenvalue weighted by atomic mass is 35.5. The van der Waals surface area contributed by atoms with Gasteiger partial charge >= 0.3 is 0 Å². The van der Waals surface area contributed by atoms with Crippen molar-refractivity contribution in [2.75, 3.05) is 32.1 Å². The van der Waals surface area contributed by atoms with E-state index in [4.69, 9.17) is 16.3 Å². The Hall–Kier alpha value is -1.85. The number of halogens is 1. The Morgan fingerprint density at radius 2 is 2.04 bits per heavy atom. The molecule has 0 spiro atoms. The van der Waals surface area contributed by atoms with Gasteiger partial charge in [0.2, 0.25) is 0 Å². The number of methoxy groups -OCH3 is 1. The Bertz CT molecular complexity index is 697. The molecular formula is C19H25ClN4O. The molecule has 1 aromatic carbocycles. The lowest BCUT2D eigenvalue weighted by Crippen LogP contribution is -2.51. The van der Waals surface area contributed by atoms with E-state index in [0.29, 0.717) is 22.9 Å². The molecular weight excluding hydrogens is 336 g/mol. The number of anilines is 1. The van der Waals surface area contributed by atoms with Crippen molar-refractivity contribution in [1.82, 2.24) is 14.9 Å². The van der Waals surface area contributed by atoms with Gasteiger partial charge in [-0.1, -0.05) is 48.9 Å². The van der Waals surface area contributed by atoms with Crippen molar-refractivity contribution >= 4 is 17.4 Å². The van der Waals surface area contributed by atoms with Gasteiger partial charge in [0.1, 0.15) is 6.33 Å². The van der Waals surface area contributed by atoms with Crippen LogP contribution in [0.5, 0.6) is 5.75 Å². The Morgan fingerprint density at radius 1 is 1.28 bits per heavy atom. The van der Waals surface area contributed by atoms with Gasteiger partial charge in [-0.15, -0.1) is 0 Å². The highest BCUT2D eigenvalue weighted by molar-refractivity contribution is 6.31. The standard InChI is InChI=1S/C19H25ClN4O/c1-14-9-10-24(11-15-7-5-4-6-8-15)12-16(14)23(2)19-17(25-3)18(20)21-13-22-19/h4-8,13-14,16H,9-12H2,1-3H3/t14-,16+/m1/s1. The van der Waals surface area contributed by atoms with Gasteiger partial charge in [-0.05, 0) is 24.4 Å². The van der Waals surface area contributed by atoms with E-state index >= 15 is 0 Å². The number of hydrogen-bond acceptors (Lipinski definition) is 5. The SMILES string of the molecule is COc1c(Cl)ncnc1N(C)[C@H]1CN(Cc2ccccc2)CC[C@H]1C. The Kier molecular flexibility index (Phi) is 5.76. The maximum absolute atomic E-state index is 6.17. The molecule has 1 aliphatic heterocycles. The third kappa shape index (κ3) is 4.05. The molecule has 2 heterocycles. The summed E-state index contributed by atoms with van der Waals surface area (Å²) in [6, 6.07) is 11.0. The number of benzene rings is 1. The van der Waals surface area contributed by atoms with Crippen LogP contribution in [0, 0.1) is 5.92 Å². The van der Waals surface area contributed by atoms with E-state index in [1.54, 1.807) is 7.11 Å². The fraction of sp³-hybridized carbons (Fsp3) is 0.474. The van der Waals surface area contributed by atoms with Gasteiger partial charge in [-0.3, -0.25) is 4.90 Å². The minimum atomic E-state index is 0.345. The number of likely N-dealkylation sites (N-methyl/N-ethyl adjacent to an activating group) is 1. The van der Waals surface area contributed by atoms with Crippen LogP contribution in [0.25, 0.3) is 0 Å². The van der Waals surface area contributed by atoms with Gasteiger partial charge in [-0.25, -0.2) is 9.97 Å². The second-order valence-electron chi connectivity index (χ2n) is 6.69. The van der Waals surface area contributed by atoms with Crippen molar-refractivity contribution in [2.45, 2.75) is 25.9 Å². The largest absolute Gasteiger partial charge is 0.490 e. The van der Waals surface area contributed by atoms with E-state index in [2.05, 4.69) is 64.1 Å². The van der Waals surface area contributed by atoms with E-state index in [-0.39, 0.29) is 0 Å². The summed E-state index contributed by atoms with van der Waals surface area (Å²) in [6.07, 6.45) is 2.65. The third-order valence-corrected chi connectivity index (χ3v) is 5.30. The van der Waals surface area contributed by atoms with E-state index < -0.39 is 0 Å². The van der Waals surface area contributed by atoms with Gasteiger partial charge in [0.05, 0.1) is 7.11 Å². The molecule has 2 atom stereocenters.